The first kappa shape index (κ1) is 34.3. The third-order valence-electron chi connectivity index (χ3n) is 13.2. The molecule has 6 heteroatoms. The highest BCUT2D eigenvalue weighted by atomic mass is 16.4. The minimum Gasteiger partial charge on any atom is -0.456 e. The number of nitrogens with zero attached hydrogens (tertiary/aromatic N) is 4. The number of furan rings is 1. The quantitative estimate of drug-likeness (QED) is 0.176. The van der Waals surface area contributed by atoms with Crippen LogP contribution in [0.1, 0.15) is 22.3 Å². The van der Waals surface area contributed by atoms with E-state index in [1.807, 2.05) is 60.7 Å². The van der Waals surface area contributed by atoms with Gasteiger partial charge < -0.3 is 8.83 Å². The summed E-state index contributed by atoms with van der Waals surface area (Å²) in [7, 11) is 0. The van der Waals surface area contributed by atoms with E-state index in [0.29, 0.717) is 34.5 Å². The van der Waals surface area contributed by atoms with E-state index in [4.69, 9.17) is 28.8 Å². The van der Waals surface area contributed by atoms with Crippen molar-refractivity contribution in [3.05, 3.63) is 216 Å². The van der Waals surface area contributed by atoms with Gasteiger partial charge in [0.2, 0.25) is 5.89 Å². The van der Waals surface area contributed by atoms with Gasteiger partial charge in [-0.05, 0) is 85.6 Å². The highest BCUT2D eigenvalue weighted by Gasteiger charge is 2.52. The lowest BCUT2D eigenvalue weighted by Crippen LogP contribution is -2.25. The molecule has 12 aromatic rings. The summed E-state index contributed by atoms with van der Waals surface area (Å²) in [6, 6.07) is 67.9. The van der Waals surface area contributed by atoms with Crippen LogP contribution in [0.15, 0.2) is 203 Å². The molecule has 0 N–H and O–H groups in total. The lowest BCUT2D eigenvalue weighted by atomic mass is 9.70. The van der Waals surface area contributed by atoms with Crippen molar-refractivity contribution in [2.24, 2.45) is 0 Å². The molecule has 1 spiro atoms. The molecule has 63 heavy (non-hydrogen) atoms. The van der Waals surface area contributed by atoms with Crippen molar-refractivity contribution in [3.8, 4) is 67.9 Å². The number of fused-ring (bicyclic) bond motifs is 17. The molecule has 0 bridgehead atoms. The van der Waals surface area contributed by atoms with Gasteiger partial charge in [-0.25, -0.2) is 19.9 Å². The minimum atomic E-state index is -0.493. The van der Waals surface area contributed by atoms with Crippen molar-refractivity contribution in [1.29, 1.82) is 0 Å². The normalized spacial score (nSPS) is 13.2. The fourth-order valence-corrected chi connectivity index (χ4v) is 10.7. The molecule has 0 amide bonds. The number of oxazole rings is 1. The lowest BCUT2D eigenvalue weighted by molar-refractivity contribution is 0.622. The van der Waals surface area contributed by atoms with Gasteiger partial charge in [-0.2, -0.15) is 0 Å². The average molecular weight is 805 g/mol. The van der Waals surface area contributed by atoms with Crippen molar-refractivity contribution in [2.75, 3.05) is 0 Å². The monoisotopic (exact) mass is 804 g/mol. The molecule has 0 saturated heterocycles. The van der Waals surface area contributed by atoms with Gasteiger partial charge in [-0.15, -0.1) is 0 Å². The Hall–Kier alpha value is -8.48. The summed E-state index contributed by atoms with van der Waals surface area (Å²) in [4.78, 5) is 20.9. The Morgan fingerprint density at radius 2 is 0.905 bits per heavy atom. The summed E-state index contributed by atoms with van der Waals surface area (Å²) in [6.45, 7) is 0. The van der Waals surface area contributed by atoms with Crippen LogP contribution in [0.5, 0.6) is 0 Å². The molecule has 9 aromatic carbocycles. The first-order chi connectivity index (χ1) is 31.2. The topological polar surface area (TPSA) is 77.8 Å². The van der Waals surface area contributed by atoms with E-state index in [0.717, 1.165) is 60.5 Å². The van der Waals surface area contributed by atoms with Crippen LogP contribution in [0.25, 0.3) is 112 Å². The van der Waals surface area contributed by atoms with Gasteiger partial charge in [0.15, 0.2) is 23.1 Å². The fraction of sp³-hybridized carbons (Fsp3) is 0.0175. The molecule has 14 rings (SSSR count). The Kier molecular flexibility index (Phi) is 6.94. The molecule has 292 valence electrons. The molecule has 0 fully saturated rings. The Labute approximate surface area is 360 Å². The summed E-state index contributed by atoms with van der Waals surface area (Å²) in [5, 5.41) is 3.85. The van der Waals surface area contributed by atoms with Crippen LogP contribution in [0, 0.1) is 0 Å². The van der Waals surface area contributed by atoms with Gasteiger partial charge in [0, 0.05) is 27.6 Å². The Morgan fingerprint density at radius 3 is 1.63 bits per heavy atom. The zero-order valence-corrected chi connectivity index (χ0v) is 33.6. The number of hydrogen-bond acceptors (Lipinski definition) is 6. The zero-order chi connectivity index (χ0) is 41.2. The smallest absolute Gasteiger partial charge is 0.227 e. The van der Waals surface area contributed by atoms with Gasteiger partial charge in [-0.3, -0.25) is 0 Å². The van der Waals surface area contributed by atoms with E-state index in [-0.39, 0.29) is 0 Å². The molecule has 3 aromatic heterocycles. The van der Waals surface area contributed by atoms with E-state index >= 15 is 0 Å². The van der Waals surface area contributed by atoms with E-state index < -0.39 is 5.41 Å². The molecule has 0 radical (unpaired) electrons. The molecular formula is C57H32N4O2. The van der Waals surface area contributed by atoms with Crippen LogP contribution in [-0.4, -0.2) is 19.9 Å². The van der Waals surface area contributed by atoms with Crippen LogP contribution in [0.4, 0.5) is 0 Å². The molecule has 0 unspecified atom stereocenters. The Balaban J connectivity index is 1.03. The summed E-state index contributed by atoms with van der Waals surface area (Å²) < 4.78 is 13.3. The number of hydrogen-bond donors (Lipinski definition) is 0. The number of benzene rings is 9. The largest absolute Gasteiger partial charge is 0.456 e. The van der Waals surface area contributed by atoms with E-state index in [1.54, 1.807) is 0 Å². The average Bonchev–Trinajstić information content (AvgIpc) is 4.11. The summed E-state index contributed by atoms with van der Waals surface area (Å²) in [6.07, 6.45) is 0. The Bertz CT molecular complexity index is 3820. The number of rotatable bonds is 4. The highest BCUT2D eigenvalue weighted by molar-refractivity contribution is 6.27. The van der Waals surface area contributed by atoms with Crippen molar-refractivity contribution in [2.45, 2.75) is 5.41 Å². The van der Waals surface area contributed by atoms with Crippen molar-refractivity contribution in [1.82, 2.24) is 19.9 Å². The molecule has 6 nitrogen and oxygen atoms in total. The predicted octanol–water partition coefficient (Wildman–Crippen LogP) is 14.1. The second-order valence-electron chi connectivity index (χ2n) is 16.4. The molecule has 0 saturated carbocycles. The van der Waals surface area contributed by atoms with Crippen molar-refractivity contribution >= 4 is 43.8 Å². The third-order valence-corrected chi connectivity index (χ3v) is 13.2. The maximum absolute atomic E-state index is 6.73. The van der Waals surface area contributed by atoms with E-state index in [1.165, 1.54) is 38.9 Å². The van der Waals surface area contributed by atoms with Crippen molar-refractivity contribution < 1.29 is 8.83 Å². The Morgan fingerprint density at radius 1 is 0.349 bits per heavy atom. The summed E-state index contributed by atoms with van der Waals surface area (Å²) in [5.41, 5.74) is 16.0. The van der Waals surface area contributed by atoms with E-state index in [2.05, 4.69) is 133 Å². The molecular weight excluding hydrogens is 773 g/mol. The predicted molar refractivity (Wildman–Crippen MR) is 250 cm³/mol. The van der Waals surface area contributed by atoms with Crippen LogP contribution in [0.3, 0.4) is 0 Å². The highest BCUT2D eigenvalue weighted by Crippen LogP contribution is 2.63. The second kappa shape index (κ2) is 12.8. The standard InChI is InChI=1S/C57H32N4O2/c1-3-16-33(17-4-1)53-59-54(40-25-15-29-45-49(40)39-24-11-14-28-44(39)57(45)42-26-12-9-21-36(42)37-22-10-13-27-43(37)57)61-55(60-53)41-32-48-50(38-23-8-7-20-35(38)41)51-47(62-48)31-30-46-52(51)63-56(58-46)34-18-5-2-6-19-34/h1-32H. The molecule has 2 aliphatic rings. The molecule has 3 heterocycles. The minimum absolute atomic E-state index is 0.493. The molecule has 0 aliphatic heterocycles. The van der Waals surface area contributed by atoms with Gasteiger partial charge in [0.05, 0.1) is 10.8 Å². The summed E-state index contributed by atoms with van der Waals surface area (Å²) in [5.74, 6) is 2.33. The maximum Gasteiger partial charge on any atom is 0.227 e. The second-order valence-corrected chi connectivity index (χ2v) is 16.4. The number of aromatic nitrogens is 4. The fourth-order valence-electron chi connectivity index (χ4n) is 10.7. The first-order valence-electron chi connectivity index (χ1n) is 21.2. The lowest BCUT2D eigenvalue weighted by Gasteiger charge is -2.30. The maximum atomic E-state index is 6.73. The van der Waals surface area contributed by atoms with E-state index in [9.17, 15) is 0 Å². The first-order valence-corrected chi connectivity index (χ1v) is 21.2. The molecule has 0 atom stereocenters. The zero-order valence-electron chi connectivity index (χ0n) is 33.6. The van der Waals surface area contributed by atoms with Crippen LogP contribution >= 0.6 is 0 Å². The van der Waals surface area contributed by atoms with Crippen LogP contribution < -0.4 is 0 Å². The van der Waals surface area contributed by atoms with Crippen LogP contribution in [0.2, 0.25) is 0 Å². The van der Waals surface area contributed by atoms with Gasteiger partial charge >= 0.3 is 0 Å². The van der Waals surface area contributed by atoms with Gasteiger partial charge in [0.1, 0.15) is 16.7 Å². The molecule has 2 aliphatic carbocycles. The summed E-state index contributed by atoms with van der Waals surface area (Å²) >= 11 is 0. The SMILES string of the molecule is c1ccc(-c2nc(-c3cccc4c3-c3ccccc3C43c4ccccc4-c4ccccc43)nc(-c3cc4oc5ccc6nc(-c7ccccc7)oc6c5c4c4ccccc34)n2)cc1. The third kappa shape index (κ3) is 4.66. The van der Waals surface area contributed by atoms with Crippen molar-refractivity contribution in [3.63, 3.8) is 0 Å². The van der Waals surface area contributed by atoms with Gasteiger partial charge in [0.25, 0.3) is 0 Å². The van der Waals surface area contributed by atoms with Crippen LogP contribution in [-0.2, 0) is 5.41 Å². The van der Waals surface area contributed by atoms with Gasteiger partial charge in [-0.1, -0.05) is 164 Å².